The first-order chi connectivity index (χ1) is 11.8. The summed E-state index contributed by atoms with van der Waals surface area (Å²) >= 11 is 5.96. The van der Waals surface area contributed by atoms with Crippen molar-refractivity contribution in [2.24, 2.45) is 0 Å². The first-order valence-electron chi connectivity index (χ1n) is 9.09. The molecule has 0 bridgehead atoms. The molecule has 0 radical (unpaired) electrons. The molecule has 1 saturated heterocycles. The van der Waals surface area contributed by atoms with E-state index in [9.17, 15) is 9.18 Å². The Kier molecular flexibility index (Phi) is 8.15. The van der Waals surface area contributed by atoms with E-state index in [0.29, 0.717) is 19.3 Å². The highest BCUT2D eigenvalue weighted by atomic mass is 35.5. The number of nitrogens with zero attached hydrogens (tertiary/aromatic N) is 1. The van der Waals surface area contributed by atoms with Crippen LogP contribution >= 0.6 is 11.6 Å². The molecular formula is C16H32ClFN6O. The van der Waals surface area contributed by atoms with Crippen LogP contribution in [0.3, 0.4) is 0 Å². The van der Waals surface area contributed by atoms with Crippen molar-refractivity contribution in [1.82, 2.24) is 31.5 Å². The van der Waals surface area contributed by atoms with Crippen LogP contribution in [0.5, 0.6) is 0 Å². The minimum absolute atomic E-state index is 0.0791. The average molecular weight is 379 g/mol. The smallest absolute Gasteiger partial charge is 0.317 e. The Balaban J connectivity index is 1.73. The molecule has 2 rings (SSSR count). The lowest BCUT2D eigenvalue weighted by atomic mass is 9.93. The summed E-state index contributed by atoms with van der Waals surface area (Å²) in [4.78, 5) is 14.3. The molecule has 1 aliphatic carbocycles. The molecule has 7 nitrogen and oxygen atoms in total. The van der Waals surface area contributed by atoms with E-state index in [0.717, 1.165) is 19.5 Å². The third-order valence-electron chi connectivity index (χ3n) is 4.66. The van der Waals surface area contributed by atoms with Gasteiger partial charge in [0.25, 0.3) is 0 Å². The number of likely N-dealkylation sites (N-methyl/N-ethyl adjacent to an activating group) is 1. The first-order valence-corrected chi connectivity index (χ1v) is 9.52. The van der Waals surface area contributed by atoms with Gasteiger partial charge in [-0.05, 0) is 46.7 Å². The third kappa shape index (κ3) is 7.22. The number of amides is 2. The van der Waals surface area contributed by atoms with Crippen molar-refractivity contribution in [2.45, 2.75) is 68.7 Å². The van der Waals surface area contributed by atoms with Gasteiger partial charge in [-0.3, -0.25) is 10.6 Å². The Hall–Kier alpha value is -0.670. The van der Waals surface area contributed by atoms with Crippen molar-refractivity contribution in [1.29, 1.82) is 0 Å². The van der Waals surface area contributed by atoms with Crippen molar-refractivity contribution >= 4 is 17.6 Å². The molecule has 2 amide bonds. The number of halogens is 2. The molecule has 0 aromatic rings. The van der Waals surface area contributed by atoms with Gasteiger partial charge in [0, 0.05) is 25.2 Å². The lowest BCUT2D eigenvalue weighted by Gasteiger charge is -2.37. The normalized spacial score (nSPS) is 36.2. The fourth-order valence-corrected chi connectivity index (χ4v) is 3.62. The molecule has 146 valence electrons. The molecule has 1 aliphatic heterocycles. The van der Waals surface area contributed by atoms with Crippen LogP contribution in [0.2, 0.25) is 0 Å². The SMILES string of the molecule is CC1CC(NCCN(C)C)NC(NC(=O)NC2CCC(F)C(Cl)C2)N1. The summed E-state index contributed by atoms with van der Waals surface area (Å²) in [7, 11) is 4.08. The lowest BCUT2D eigenvalue weighted by Crippen LogP contribution is -2.68. The fourth-order valence-electron chi connectivity index (χ4n) is 3.28. The van der Waals surface area contributed by atoms with Crippen LogP contribution in [0.15, 0.2) is 0 Å². The second kappa shape index (κ2) is 9.87. The van der Waals surface area contributed by atoms with E-state index >= 15 is 0 Å². The molecule has 6 unspecified atom stereocenters. The number of hydrogen-bond donors (Lipinski definition) is 5. The van der Waals surface area contributed by atoms with Crippen molar-refractivity contribution in [3.05, 3.63) is 0 Å². The van der Waals surface area contributed by atoms with Crippen LogP contribution in [-0.4, -0.2) is 74.2 Å². The van der Waals surface area contributed by atoms with Crippen LogP contribution in [0.4, 0.5) is 9.18 Å². The molecule has 6 atom stereocenters. The molecule has 2 aliphatic rings. The van der Waals surface area contributed by atoms with Crippen molar-refractivity contribution in [3.8, 4) is 0 Å². The van der Waals surface area contributed by atoms with E-state index < -0.39 is 11.5 Å². The Morgan fingerprint density at radius 1 is 1.24 bits per heavy atom. The summed E-state index contributed by atoms with van der Waals surface area (Å²) in [6.07, 6.45) is 1.26. The Morgan fingerprint density at radius 3 is 2.68 bits per heavy atom. The van der Waals surface area contributed by atoms with Crippen molar-refractivity contribution in [3.63, 3.8) is 0 Å². The van der Waals surface area contributed by atoms with Crippen LogP contribution < -0.4 is 26.6 Å². The van der Waals surface area contributed by atoms with Gasteiger partial charge in [0.1, 0.15) is 12.5 Å². The van der Waals surface area contributed by atoms with Crippen LogP contribution in [0.1, 0.15) is 32.6 Å². The van der Waals surface area contributed by atoms with Gasteiger partial charge in [-0.1, -0.05) is 0 Å². The molecule has 1 heterocycles. The highest BCUT2D eigenvalue weighted by Crippen LogP contribution is 2.25. The Morgan fingerprint density at radius 2 is 2.00 bits per heavy atom. The largest absolute Gasteiger partial charge is 0.335 e. The van der Waals surface area contributed by atoms with E-state index in [4.69, 9.17) is 11.6 Å². The second-order valence-electron chi connectivity index (χ2n) is 7.37. The zero-order chi connectivity index (χ0) is 18.4. The number of urea groups is 1. The predicted molar refractivity (Wildman–Crippen MR) is 98.3 cm³/mol. The molecule has 0 spiro atoms. The van der Waals surface area contributed by atoms with E-state index in [1.165, 1.54) is 0 Å². The summed E-state index contributed by atoms with van der Waals surface area (Å²) in [5.41, 5.74) is 0. The number of carbonyl (C=O) groups excluding carboxylic acids is 1. The van der Waals surface area contributed by atoms with Crippen molar-refractivity contribution < 1.29 is 9.18 Å². The molecule has 0 aromatic heterocycles. The highest BCUT2D eigenvalue weighted by Gasteiger charge is 2.31. The van der Waals surface area contributed by atoms with Crippen LogP contribution in [0.25, 0.3) is 0 Å². The summed E-state index contributed by atoms with van der Waals surface area (Å²) < 4.78 is 13.4. The van der Waals surface area contributed by atoms with E-state index in [1.807, 2.05) is 14.1 Å². The molecule has 2 fully saturated rings. The Bertz CT molecular complexity index is 429. The summed E-state index contributed by atoms with van der Waals surface area (Å²) in [6.45, 7) is 3.92. The molecule has 9 heteroatoms. The zero-order valence-electron chi connectivity index (χ0n) is 15.3. The van der Waals surface area contributed by atoms with Gasteiger partial charge >= 0.3 is 6.03 Å². The lowest BCUT2D eigenvalue weighted by molar-refractivity contribution is 0.179. The maximum Gasteiger partial charge on any atom is 0.317 e. The number of alkyl halides is 2. The topological polar surface area (TPSA) is 80.5 Å². The first kappa shape index (κ1) is 20.6. The number of nitrogens with one attached hydrogen (secondary N) is 5. The van der Waals surface area contributed by atoms with Crippen LogP contribution in [0, 0.1) is 0 Å². The van der Waals surface area contributed by atoms with Gasteiger partial charge in [0.2, 0.25) is 0 Å². The third-order valence-corrected chi connectivity index (χ3v) is 5.11. The molecule has 1 saturated carbocycles. The second-order valence-corrected chi connectivity index (χ2v) is 7.93. The van der Waals surface area contributed by atoms with E-state index in [1.54, 1.807) is 0 Å². The summed E-state index contributed by atoms with van der Waals surface area (Å²) in [5, 5.41) is 15.4. The number of carbonyl (C=O) groups is 1. The predicted octanol–water partition coefficient (Wildman–Crippen LogP) is 0.516. The number of hydrogen-bond acceptors (Lipinski definition) is 5. The Labute approximate surface area is 154 Å². The van der Waals surface area contributed by atoms with Gasteiger partial charge in [-0.2, -0.15) is 0 Å². The van der Waals surface area contributed by atoms with Gasteiger partial charge in [0.15, 0.2) is 0 Å². The zero-order valence-corrected chi connectivity index (χ0v) is 16.1. The standard InChI is InChI=1S/C16H32ClFN6O/c1-10-8-14(19-6-7-24(2)3)22-15(20-10)23-16(25)21-11-4-5-13(18)12(17)9-11/h10-15,19-20,22H,4-9H2,1-3H3,(H2,21,23,25). The molecule has 0 aromatic carbocycles. The summed E-state index contributed by atoms with van der Waals surface area (Å²) in [5.74, 6) is 0. The minimum Gasteiger partial charge on any atom is -0.335 e. The van der Waals surface area contributed by atoms with E-state index in [2.05, 4.69) is 38.4 Å². The maximum absolute atomic E-state index is 13.4. The molecule has 5 N–H and O–H groups in total. The van der Waals surface area contributed by atoms with Gasteiger partial charge < -0.3 is 20.9 Å². The summed E-state index contributed by atoms with van der Waals surface area (Å²) in [6, 6.07) is -0.0700. The maximum atomic E-state index is 13.4. The van der Waals surface area contributed by atoms with Gasteiger partial charge in [0.05, 0.1) is 11.5 Å². The monoisotopic (exact) mass is 378 g/mol. The van der Waals surface area contributed by atoms with Gasteiger partial charge in [-0.25, -0.2) is 9.18 Å². The highest BCUT2D eigenvalue weighted by molar-refractivity contribution is 6.21. The number of rotatable bonds is 6. The van der Waals surface area contributed by atoms with Gasteiger partial charge in [-0.15, -0.1) is 11.6 Å². The quantitative estimate of drug-likeness (QED) is 0.435. The minimum atomic E-state index is -0.973. The van der Waals surface area contributed by atoms with E-state index in [-0.39, 0.29) is 30.6 Å². The fraction of sp³-hybridized carbons (Fsp3) is 0.938. The van der Waals surface area contributed by atoms with Crippen LogP contribution in [-0.2, 0) is 0 Å². The molecule has 25 heavy (non-hydrogen) atoms. The average Bonchev–Trinajstić information content (AvgIpc) is 2.50. The molecular weight excluding hydrogens is 347 g/mol. The van der Waals surface area contributed by atoms with Crippen molar-refractivity contribution in [2.75, 3.05) is 27.2 Å².